The van der Waals surface area contributed by atoms with E-state index >= 15 is 0 Å². The highest BCUT2D eigenvalue weighted by Crippen LogP contribution is 2.51. The molecule has 0 heterocycles. The molecule has 0 fully saturated rings. The highest BCUT2D eigenvalue weighted by Gasteiger charge is 2.38. The molecule has 0 aliphatic heterocycles. The Morgan fingerprint density at radius 1 is 0.553 bits per heavy atom. The van der Waals surface area contributed by atoms with Crippen molar-refractivity contribution in [3.05, 3.63) is 131 Å². The summed E-state index contributed by atoms with van der Waals surface area (Å²) in [5.74, 6) is 0.657. The molecule has 0 amide bonds. The number of benzene rings is 3. The molecular formula is C38H40. The van der Waals surface area contributed by atoms with E-state index in [9.17, 15) is 0 Å². The van der Waals surface area contributed by atoms with Gasteiger partial charge in [-0.05, 0) is 91.5 Å². The lowest BCUT2D eigenvalue weighted by Gasteiger charge is -2.42. The van der Waals surface area contributed by atoms with Crippen molar-refractivity contribution in [3.8, 4) is 22.3 Å². The van der Waals surface area contributed by atoms with Crippen molar-refractivity contribution in [1.82, 2.24) is 0 Å². The van der Waals surface area contributed by atoms with Crippen LogP contribution in [0.5, 0.6) is 0 Å². The molecule has 0 N–H and O–H groups in total. The number of rotatable bonds is 2. The van der Waals surface area contributed by atoms with Gasteiger partial charge in [0.05, 0.1) is 0 Å². The molecule has 0 spiro atoms. The van der Waals surface area contributed by atoms with E-state index in [1.54, 1.807) is 11.1 Å². The van der Waals surface area contributed by atoms with Gasteiger partial charge in [-0.15, -0.1) is 0 Å². The van der Waals surface area contributed by atoms with Crippen LogP contribution in [-0.4, -0.2) is 0 Å². The molecule has 0 saturated carbocycles. The molecule has 2 bridgehead atoms. The summed E-state index contributed by atoms with van der Waals surface area (Å²) in [6.07, 6.45) is 6.75. The minimum atomic E-state index is 0.142. The fourth-order valence-corrected chi connectivity index (χ4v) is 6.56. The molecular weight excluding hydrogens is 456 g/mol. The predicted molar refractivity (Wildman–Crippen MR) is 164 cm³/mol. The zero-order valence-corrected chi connectivity index (χ0v) is 23.9. The largest absolute Gasteiger partial charge is 0.0946 e. The smallest absolute Gasteiger partial charge is 0.0232 e. The Morgan fingerprint density at radius 3 is 1.21 bits per heavy atom. The van der Waals surface area contributed by atoms with Crippen molar-refractivity contribution < 1.29 is 0 Å². The van der Waals surface area contributed by atoms with Gasteiger partial charge in [0.2, 0.25) is 0 Å². The van der Waals surface area contributed by atoms with Crippen molar-refractivity contribution in [1.29, 1.82) is 0 Å². The zero-order valence-electron chi connectivity index (χ0n) is 23.9. The van der Waals surface area contributed by atoms with Gasteiger partial charge in [-0.3, -0.25) is 0 Å². The van der Waals surface area contributed by atoms with E-state index in [0.717, 1.165) is 12.8 Å². The fourth-order valence-electron chi connectivity index (χ4n) is 6.56. The van der Waals surface area contributed by atoms with E-state index in [0.29, 0.717) is 11.8 Å². The number of fused-ring (bicyclic) bond motifs is 2. The summed E-state index contributed by atoms with van der Waals surface area (Å²) in [5, 5.41) is 0. The summed E-state index contributed by atoms with van der Waals surface area (Å²) in [7, 11) is 0. The van der Waals surface area contributed by atoms with Gasteiger partial charge in [0.25, 0.3) is 0 Å². The Hall–Kier alpha value is -3.38. The van der Waals surface area contributed by atoms with Gasteiger partial charge >= 0.3 is 0 Å². The maximum atomic E-state index is 4.41. The fraction of sp³-hybridized carbons (Fsp3) is 0.316. The van der Waals surface area contributed by atoms with Crippen LogP contribution < -0.4 is 0 Å². The lowest BCUT2D eigenvalue weighted by Crippen LogP contribution is -2.30. The first kappa shape index (κ1) is 24.9. The first-order chi connectivity index (χ1) is 17.9. The quantitative estimate of drug-likeness (QED) is 0.310. The van der Waals surface area contributed by atoms with Crippen LogP contribution >= 0.6 is 0 Å². The van der Waals surface area contributed by atoms with Crippen LogP contribution in [-0.2, 0) is 23.7 Å². The second-order valence-corrected chi connectivity index (χ2v) is 13.6. The third-order valence-electron chi connectivity index (χ3n) is 9.05. The summed E-state index contributed by atoms with van der Waals surface area (Å²) in [6.45, 7) is 22.5. The molecule has 3 aromatic carbocycles. The molecule has 192 valence electrons. The molecule has 7 rings (SSSR count). The number of hydrogen-bond donors (Lipinski definition) is 0. The third-order valence-corrected chi connectivity index (χ3v) is 9.05. The van der Waals surface area contributed by atoms with E-state index in [2.05, 4.69) is 128 Å². The van der Waals surface area contributed by atoms with Crippen LogP contribution in [0.2, 0.25) is 0 Å². The molecule has 0 saturated heterocycles. The van der Waals surface area contributed by atoms with Gasteiger partial charge in [-0.2, -0.15) is 0 Å². The number of hydrogen-bond acceptors (Lipinski definition) is 0. The Bertz CT molecular complexity index is 1400. The van der Waals surface area contributed by atoms with Gasteiger partial charge < -0.3 is 0 Å². The molecule has 4 aliphatic rings. The molecule has 0 radical (unpaired) electrons. The van der Waals surface area contributed by atoms with Crippen LogP contribution in [0.15, 0.2) is 108 Å². The zero-order chi connectivity index (χ0) is 27.0. The summed E-state index contributed by atoms with van der Waals surface area (Å²) in [5.41, 5.74) is 16.8. The van der Waals surface area contributed by atoms with Crippen molar-refractivity contribution in [2.45, 2.75) is 65.2 Å². The van der Waals surface area contributed by atoms with Gasteiger partial charge in [-0.1, -0.05) is 127 Å². The van der Waals surface area contributed by atoms with E-state index < -0.39 is 0 Å². The summed E-state index contributed by atoms with van der Waals surface area (Å²) in [6, 6.07) is 23.5. The Morgan fingerprint density at radius 2 is 0.895 bits per heavy atom. The van der Waals surface area contributed by atoms with E-state index in [-0.39, 0.29) is 10.8 Å². The molecule has 3 aromatic rings. The molecule has 2 atom stereocenters. The lowest BCUT2D eigenvalue weighted by atomic mass is 9.62. The number of allylic oxidation sites excluding steroid dienone is 6. The Balaban J connectivity index is 1.48. The van der Waals surface area contributed by atoms with E-state index in [1.807, 2.05) is 0 Å². The first-order valence-electron chi connectivity index (χ1n) is 14.1. The third kappa shape index (κ3) is 4.06. The Labute approximate surface area is 229 Å². The second kappa shape index (κ2) is 8.57. The molecule has 0 nitrogen and oxygen atoms in total. The van der Waals surface area contributed by atoms with Crippen LogP contribution in [0, 0.1) is 11.8 Å². The van der Waals surface area contributed by atoms with Crippen LogP contribution in [0.4, 0.5) is 0 Å². The van der Waals surface area contributed by atoms with Crippen molar-refractivity contribution >= 4 is 0 Å². The maximum absolute atomic E-state index is 4.41. The van der Waals surface area contributed by atoms with E-state index in [4.69, 9.17) is 0 Å². The topological polar surface area (TPSA) is 0 Å². The van der Waals surface area contributed by atoms with Crippen molar-refractivity contribution in [2.24, 2.45) is 11.8 Å². The normalized spacial score (nSPS) is 20.6. The first-order valence-corrected chi connectivity index (χ1v) is 14.1. The lowest BCUT2D eigenvalue weighted by molar-refractivity contribution is 0.590. The summed E-state index contributed by atoms with van der Waals surface area (Å²) >= 11 is 0. The maximum Gasteiger partial charge on any atom is 0.0232 e. The standard InChI is InChI=1S/C38H40/c1-23-24(2)32-18-17-31(23)35-21-27-19-33(25-9-13-29(14-10-25)37(3,4)5)34(20-28(27)22-36(32)35)26-11-15-30(16-12-26)38(6,7)8/h9-20,31-32H,1-2,21-22H2,3-8H3. The molecule has 4 aliphatic carbocycles. The molecule has 38 heavy (non-hydrogen) atoms. The highest BCUT2D eigenvalue weighted by atomic mass is 14.4. The van der Waals surface area contributed by atoms with Crippen molar-refractivity contribution in [2.75, 3.05) is 0 Å². The predicted octanol–water partition coefficient (Wildman–Crippen LogP) is 9.94. The van der Waals surface area contributed by atoms with Crippen molar-refractivity contribution in [3.63, 3.8) is 0 Å². The average molecular weight is 497 g/mol. The van der Waals surface area contributed by atoms with Gasteiger partial charge in [0.15, 0.2) is 0 Å². The Kier molecular flexibility index (Phi) is 5.62. The monoisotopic (exact) mass is 496 g/mol. The van der Waals surface area contributed by atoms with Crippen LogP contribution in [0.25, 0.3) is 22.3 Å². The minimum absolute atomic E-state index is 0.142. The molecule has 2 unspecified atom stereocenters. The van der Waals surface area contributed by atoms with Crippen LogP contribution in [0.3, 0.4) is 0 Å². The second-order valence-electron chi connectivity index (χ2n) is 13.6. The van der Waals surface area contributed by atoms with Gasteiger partial charge in [0.1, 0.15) is 0 Å². The summed E-state index contributed by atoms with van der Waals surface area (Å²) in [4.78, 5) is 0. The van der Waals surface area contributed by atoms with Gasteiger partial charge in [0, 0.05) is 11.8 Å². The average Bonchev–Trinajstić information content (AvgIpc) is 2.88. The molecule has 0 heteroatoms. The molecule has 0 aromatic heterocycles. The van der Waals surface area contributed by atoms with E-state index in [1.165, 1.54) is 55.7 Å². The minimum Gasteiger partial charge on any atom is -0.0946 e. The van der Waals surface area contributed by atoms with Gasteiger partial charge in [-0.25, -0.2) is 0 Å². The SMILES string of the molecule is C=C1C(=C)C2C=CC1C1=C2Cc2cc(-c3ccc(C(C)(C)C)cc3)c(-c3ccc(C(C)(C)C)cc3)cc2C1. The van der Waals surface area contributed by atoms with Crippen LogP contribution in [0.1, 0.15) is 63.8 Å². The summed E-state index contributed by atoms with van der Waals surface area (Å²) < 4.78 is 0. The highest BCUT2D eigenvalue weighted by molar-refractivity contribution is 5.85.